The minimum Gasteiger partial charge on any atom is -0.310 e. The highest BCUT2D eigenvalue weighted by Crippen LogP contribution is 2.56. The fraction of sp³-hybridized carbons (Fsp3) is 0.0175. The van der Waals surface area contributed by atoms with Crippen LogP contribution < -0.4 is 97.8 Å². The molecule has 0 heterocycles. The number of anilines is 3. The summed E-state index contributed by atoms with van der Waals surface area (Å²) in [7, 11) is 119. The summed E-state index contributed by atoms with van der Waals surface area (Å²) in [4.78, 5) is 1.93. The highest BCUT2D eigenvalue weighted by Gasteiger charge is 2.53. The second-order valence-electron chi connectivity index (χ2n) is 18.9. The smallest absolute Gasteiger partial charge is 0.115 e. The van der Waals surface area contributed by atoms with Crippen molar-refractivity contribution in [3.8, 4) is 33.4 Å². The average Bonchev–Trinajstić information content (AvgIpc) is 3.75. The molecule has 0 aromatic heterocycles. The number of hydrogen-bond donors (Lipinski definition) is 0. The van der Waals surface area contributed by atoms with Crippen LogP contribution in [0.25, 0.3) is 54.9 Å². The number of fused-ring (bicyclic) bond motifs is 5. The fourth-order valence-electron chi connectivity index (χ4n) is 11.1. The van der Waals surface area contributed by atoms with Crippen LogP contribution in [0.1, 0.15) is 22.3 Å². The van der Waals surface area contributed by atoms with Gasteiger partial charge in [0.1, 0.15) is 133 Å². The molecule has 10 aromatic carbocycles. The van der Waals surface area contributed by atoms with Gasteiger partial charge >= 0.3 is 0 Å². The molecule has 1 nitrogen and oxygen atoms in total. The first-order chi connectivity index (χ1) is 35.8. The van der Waals surface area contributed by atoms with Gasteiger partial charge in [-0.05, 0) is 108 Å². The van der Waals surface area contributed by atoms with Gasteiger partial charge in [-0.25, -0.2) is 0 Å². The molecule has 18 heteroatoms. The predicted octanol–water partition coefficient (Wildman–Crippen LogP) is -5.35. The molecule has 306 valence electrons. The number of benzene rings is 10. The molecule has 0 spiro atoms. The second-order valence-corrected chi connectivity index (χ2v) is 18.9. The lowest BCUT2D eigenvalue weighted by Gasteiger charge is -2.45. The van der Waals surface area contributed by atoms with Crippen LogP contribution in [-0.2, 0) is 5.41 Å². The van der Waals surface area contributed by atoms with Gasteiger partial charge in [-0.15, -0.1) is 71.0 Å². The second kappa shape index (κ2) is 18.7. The van der Waals surface area contributed by atoms with Crippen molar-refractivity contribution in [2.45, 2.75) is 5.41 Å². The van der Waals surface area contributed by atoms with Gasteiger partial charge in [0.2, 0.25) is 0 Å². The van der Waals surface area contributed by atoms with Crippen molar-refractivity contribution in [1.29, 1.82) is 0 Å². The SMILES string of the molecule is [B]c1c([B])c([B])c(C2(c3c([B])c([B])c([B])c([B])c3[B])c3c([B])c([B])c([B])c([B])c3-c3c(N(c4ccc(-c5ccc6ccccc6c5)cc4)c4ccc(-c5ccc6ccccc6c5)cc4)c([B])c([B])c([B])c32)c([B])c1[B]. The number of nitrogens with zero attached hydrogens (tertiary/aromatic N) is 1. The summed E-state index contributed by atoms with van der Waals surface area (Å²) in [5.41, 5.74) is 1.56. The van der Waals surface area contributed by atoms with Gasteiger partial charge in [0, 0.05) is 22.6 Å². The largest absolute Gasteiger partial charge is 0.310 e. The van der Waals surface area contributed by atoms with Crippen LogP contribution in [0, 0.1) is 0 Å². The van der Waals surface area contributed by atoms with E-state index in [1.165, 1.54) is 0 Å². The summed E-state index contributed by atoms with van der Waals surface area (Å²) in [6, 6.07) is 44.8. The van der Waals surface area contributed by atoms with Crippen molar-refractivity contribution in [3.05, 3.63) is 156 Å². The predicted molar refractivity (Wildman–Crippen MR) is 336 cm³/mol. The molecule has 0 amide bonds. The summed E-state index contributed by atoms with van der Waals surface area (Å²) in [5.74, 6) is 0. The third-order valence-corrected chi connectivity index (χ3v) is 15.0. The average molecular weight is 905 g/mol. The van der Waals surface area contributed by atoms with Crippen LogP contribution in [0.15, 0.2) is 133 Å². The Bertz CT molecular complexity index is 3850. The Kier molecular flexibility index (Phi) is 12.7. The number of hydrogen-bond acceptors (Lipinski definition) is 1. The Hall–Kier alpha value is -6.38. The van der Waals surface area contributed by atoms with Crippen molar-refractivity contribution in [2.24, 2.45) is 0 Å². The Morgan fingerprint density at radius 1 is 0.240 bits per heavy atom. The summed E-state index contributed by atoms with van der Waals surface area (Å²) >= 11 is 0. The molecule has 0 bridgehead atoms. The quantitative estimate of drug-likeness (QED) is 0.145. The molecular formula is C57H22B17N. The molecule has 0 aliphatic heterocycles. The molecule has 0 saturated carbocycles. The highest BCUT2D eigenvalue weighted by molar-refractivity contribution is 6.71. The molecule has 34 radical (unpaired) electrons. The van der Waals surface area contributed by atoms with E-state index in [0.717, 1.165) is 43.8 Å². The van der Waals surface area contributed by atoms with Gasteiger partial charge in [-0.2, -0.15) is 0 Å². The molecule has 0 N–H and O–H groups in total. The van der Waals surface area contributed by atoms with Crippen LogP contribution in [0.4, 0.5) is 17.1 Å². The van der Waals surface area contributed by atoms with Gasteiger partial charge < -0.3 is 4.90 Å². The zero-order valence-electron chi connectivity index (χ0n) is 40.5. The van der Waals surface area contributed by atoms with Crippen LogP contribution in [0.5, 0.6) is 0 Å². The van der Waals surface area contributed by atoms with Gasteiger partial charge in [-0.3, -0.25) is 0 Å². The molecule has 1 aliphatic rings. The maximum Gasteiger partial charge on any atom is 0.115 e. The van der Waals surface area contributed by atoms with Crippen LogP contribution in [-0.4, -0.2) is 133 Å². The van der Waals surface area contributed by atoms with Crippen molar-refractivity contribution >= 4 is 265 Å². The van der Waals surface area contributed by atoms with Gasteiger partial charge in [0.05, 0.1) is 5.41 Å². The summed E-state index contributed by atoms with van der Waals surface area (Å²) in [6.45, 7) is 0. The first-order valence-corrected chi connectivity index (χ1v) is 23.6. The molecule has 0 atom stereocenters. The zero-order chi connectivity index (χ0) is 53.3. The first-order valence-electron chi connectivity index (χ1n) is 23.6. The fourth-order valence-corrected chi connectivity index (χ4v) is 11.1. The lowest BCUT2D eigenvalue weighted by molar-refractivity contribution is 0.805. The topological polar surface area (TPSA) is 3.24 Å². The standard InChI is InChI=1S/C57H22B17N/c58-39-33-34-36(57(35(33)40(59)47(66)46(39)65,37-42(61)48(67)53(72)49(68)43(37)62)38-44(63)50(69)54(73)51(70)45(38)64)41(60)52(71)55(74)56(34)75(31-17-13-25(14-18-31)29-11-9-23-5-1-3-7-27(23)21-29)32-19-15-26(16-20-32)30-12-10-24-6-2-4-8-28(24)22-30/h1-22H. The Morgan fingerprint density at radius 3 is 0.920 bits per heavy atom. The Morgan fingerprint density at radius 2 is 0.533 bits per heavy atom. The van der Waals surface area contributed by atoms with E-state index in [2.05, 4.69) is 60.7 Å². The molecule has 0 fully saturated rings. The maximum absolute atomic E-state index is 7.44. The van der Waals surface area contributed by atoms with E-state index in [-0.39, 0.29) is 132 Å². The highest BCUT2D eigenvalue weighted by atomic mass is 15.1. The van der Waals surface area contributed by atoms with Gasteiger partial charge in [0.15, 0.2) is 0 Å². The van der Waals surface area contributed by atoms with E-state index >= 15 is 0 Å². The molecular weight excluding hydrogens is 882 g/mol. The lowest BCUT2D eigenvalue weighted by atomic mass is 9.47. The molecule has 75 heavy (non-hydrogen) atoms. The molecule has 10 aromatic rings. The molecule has 1 aliphatic carbocycles. The van der Waals surface area contributed by atoms with Gasteiger partial charge in [0.25, 0.3) is 0 Å². The minimum absolute atomic E-state index is 0.0214. The van der Waals surface area contributed by atoms with E-state index < -0.39 is 5.41 Å². The molecule has 11 rings (SSSR count). The van der Waals surface area contributed by atoms with E-state index in [1.54, 1.807) is 0 Å². The van der Waals surface area contributed by atoms with Crippen LogP contribution in [0.3, 0.4) is 0 Å². The number of rotatable bonds is 7. The van der Waals surface area contributed by atoms with Crippen LogP contribution >= 0.6 is 0 Å². The summed E-state index contributed by atoms with van der Waals surface area (Å²) < 4.78 is 0. The van der Waals surface area contributed by atoms with E-state index in [4.69, 9.17) is 133 Å². The van der Waals surface area contributed by atoms with Crippen molar-refractivity contribution < 1.29 is 0 Å². The third kappa shape index (κ3) is 7.46. The van der Waals surface area contributed by atoms with Crippen molar-refractivity contribution in [3.63, 3.8) is 0 Å². The van der Waals surface area contributed by atoms with E-state index in [1.807, 2.05) is 77.7 Å². The van der Waals surface area contributed by atoms with Crippen molar-refractivity contribution in [1.82, 2.24) is 0 Å². The summed E-state index contributed by atoms with van der Waals surface area (Å²) in [5, 5.41) is 4.40. The monoisotopic (exact) mass is 907 g/mol. The van der Waals surface area contributed by atoms with Crippen LogP contribution in [0.2, 0.25) is 0 Å². The Labute approximate surface area is 461 Å². The maximum atomic E-state index is 7.44. The third-order valence-electron chi connectivity index (χ3n) is 15.0. The lowest BCUT2D eigenvalue weighted by Crippen LogP contribution is -2.65. The Balaban J connectivity index is 1.30. The van der Waals surface area contributed by atoms with E-state index in [0.29, 0.717) is 11.4 Å². The summed E-state index contributed by atoms with van der Waals surface area (Å²) in [6.07, 6.45) is 0. The molecule has 0 unspecified atom stereocenters. The van der Waals surface area contributed by atoms with E-state index in [9.17, 15) is 0 Å². The minimum atomic E-state index is -2.18. The first kappa shape index (κ1) is 50.8. The normalized spacial score (nSPS) is 12.5. The van der Waals surface area contributed by atoms with Crippen molar-refractivity contribution in [2.75, 3.05) is 4.90 Å². The molecule has 0 saturated heterocycles. The van der Waals surface area contributed by atoms with Gasteiger partial charge in [-0.1, -0.05) is 119 Å². The zero-order valence-corrected chi connectivity index (χ0v) is 40.5.